The number of nitriles is 1. The maximum Gasteiger partial charge on any atom is 0.255 e. The van der Waals surface area contributed by atoms with Crippen LogP contribution in [0.4, 0.5) is 18.9 Å². The number of aryl methyl sites for hydroxylation is 1. The van der Waals surface area contributed by atoms with E-state index in [0.717, 1.165) is 16.6 Å². The molecule has 2 heterocycles. The number of carbonyl (C=O) groups is 1. The van der Waals surface area contributed by atoms with E-state index in [9.17, 15) is 27.3 Å². The molecule has 0 fully saturated rings. The maximum absolute atomic E-state index is 15.8. The molecular formula is C33H24F3N5O4S. The Hall–Kier alpha value is -5.61. The Morgan fingerprint density at radius 1 is 1.00 bits per heavy atom. The van der Waals surface area contributed by atoms with Crippen molar-refractivity contribution in [1.82, 2.24) is 14.9 Å². The molecule has 13 heteroatoms. The smallest absolute Gasteiger partial charge is 0.255 e. The van der Waals surface area contributed by atoms with Gasteiger partial charge in [0.05, 0.1) is 28.6 Å². The minimum Gasteiger partial charge on any atom is -0.455 e. The lowest BCUT2D eigenvalue weighted by atomic mass is 9.98. The molecule has 46 heavy (non-hydrogen) atoms. The summed E-state index contributed by atoms with van der Waals surface area (Å²) in [6.45, 7) is 1.63. The molecular weight excluding hydrogens is 619 g/mol. The van der Waals surface area contributed by atoms with Gasteiger partial charge in [-0.2, -0.15) is 5.26 Å². The highest BCUT2D eigenvalue weighted by Gasteiger charge is 2.27. The van der Waals surface area contributed by atoms with Crippen LogP contribution in [0.1, 0.15) is 21.7 Å². The molecule has 0 atom stereocenters. The molecule has 0 radical (unpaired) electrons. The SMILES string of the molecule is CNC(=O)c1c(-c2ccc(F)cc2)oc2cc(N(C)S(C)(=O)=O)c(-c3cc(F)c4nc(C)n(-c5ccc(F)c(C#N)c5)c4c3)cc12. The van der Waals surface area contributed by atoms with Crippen LogP contribution in [0.5, 0.6) is 0 Å². The molecule has 9 nitrogen and oxygen atoms in total. The topological polar surface area (TPSA) is 121 Å². The van der Waals surface area contributed by atoms with Crippen molar-refractivity contribution < 1.29 is 30.8 Å². The number of anilines is 1. The van der Waals surface area contributed by atoms with Gasteiger partial charge in [0.1, 0.15) is 40.4 Å². The normalized spacial score (nSPS) is 11.6. The van der Waals surface area contributed by atoms with Gasteiger partial charge in [-0.15, -0.1) is 0 Å². The predicted octanol–water partition coefficient (Wildman–Crippen LogP) is 6.46. The first-order chi connectivity index (χ1) is 21.8. The Bertz CT molecular complexity index is 2380. The first-order valence-electron chi connectivity index (χ1n) is 13.7. The largest absolute Gasteiger partial charge is 0.455 e. The van der Waals surface area contributed by atoms with Crippen molar-refractivity contribution in [2.75, 3.05) is 24.7 Å². The van der Waals surface area contributed by atoms with Crippen molar-refractivity contribution >= 4 is 43.6 Å². The summed E-state index contributed by atoms with van der Waals surface area (Å²) in [5.41, 5.74) is 1.66. The monoisotopic (exact) mass is 643 g/mol. The molecule has 6 aromatic rings. The number of hydrogen-bond donors (Lipinski definition) is 1. The number of halogens is 3. The number of amides is 1. The van der Waals surface area contributed by atoms with Crippen LogP contribution in [0.3, 0.4) is 0 Å². The van der Waals surface area contributed by atoms with Gasteiger partial charge in [0.15, 0.2) is 5.82 Å². The third kappa shape index (κ3) is 5.02. The summed E-state index contributed by atoms with van der Waals surface area (Å²) < 4.78 is 77.9. The first-order valence-corrected chi connectivity index (χ1v) is 15.6. The van der Waals surface area contributed by atoms with Gasteiger partial charge in [-0.25, -0.2) is 26.6 Å². The highest BCUT2D eigenvalue weighted by atomic mass is 32.2. The summed E-state index contributed by atoms with van der Waals surface area (Å²) in [5.74, 6) is -1.97. The number of furan rings is 1. The summed E-state index contributed by atoms with van der Waals surface area (Å²) in [4.78, 5) is 17.6. The molecule has 4 aromatic carbocycles. The standard InChI is InChI=1S/C33H24F3N5O4S/c1-17-39-31-26(36)12-19(13-28(31)41(17)22-9-10-25(35)20(11-22)16-37)23-14-24-29(15-27(23)40(3)46(4,43)44)45-32(30(24)33(42)38-2)18-5-7-21(34)8-6-18/h5-15H,1-4H3,(H,38,42). The second kappa shape index (κ2) is 11.1. The van der Waals surface area contributed by atoms with Crippen LogP contribution in [0.2, 0.25) is 0 Å². The third-order valence-corrected chi connectivity index (χ3v) is 8.92. The molecule has 0 aliphatic heterocycles. The van der Waals surface area contributed by atoms with Gasteiger partial charge >= 0.3 is 0 Å². The van der Waals surface area contributed by atoms with Crippen molar-refractivity contribution in [2.45, 2.75) is 6.92 Å². The van der Waals surface area contributed by atoms with E-state index in [1.54, 1.807) is 23.6 Å². The van der Waals surface area contributed by atoms with Crippen molar-refractivity contribution in [1.29, 1.82) is 5.26 Å². The average molecular weight is 644 g/mol. The second-order valence-electron chi connectivity index (χ2n) is 10.6. The fourth-order valence-electron chi connectivity index (χ4n) is 5.43. The fourth-order valence-corrected chi connectivity index (χ4v) is 5.94. The maximum atomic E-state index is 15.8. The van der Waals surface area contributed by atoms with Crippen LogP contribution in [-0.4, -0.2) is 44.2 Å². The Morgan fingerprint density at radius 3 is 2.37 bits per heavy atom. The lowest BCUT2D eigenvalue weighted by Crippen LogP contribution is -2.25. The zero-order valence-electron chi connectivity index (χ0n) is 24.8. The van der Waals surface area contributed by atoms with E-state index in [0.29, 0.717) is 22.5 Å². The number of sulfonamides is 1. The highest BCUT2D eigenvalue weighted by molar-refractivity contribution is 7.92. The van der Waals surface area contributed by atoms with Crippen molar-refractivity contribution in [3.63, 3.8) is 0 Å². The molecule has 0 spiro atoms. The average Bonchev–Trinajstić information content (AvgIpc) is 3.57. The van der Waals surface area contributed by atoms with Crippen LogP contribution >= 0.6 is 0 Å². The van der Waals surface area contributed by atoms with Gasteiger partial charge in [-0.1, -0.05) is 0 Å². The van der Waals surface area contributed by atoms with E-state index in [1.807, 2.05) is 0 Å². The van der Waals surface area contributed by atoms with Crippen LogP contribution in [0.15, 0.2) is 71.1 Å². The minimum absolute atomic E-state index is 0.00358. The van der Waals surface area contributed by atoms with Crippen LogP contribution in [0.25, 0.3) is 50.1 Å². The number of benzene rings is 4. The zero-order chi connectivity index (χ0) is 33.1. The molecule has 0 aliphatic rings. The van der Waals surface area contributed by atoms with Crippen molar-refractivity contribution in [2.24, 2.45) is 0 Å². The lowest BCUT2D eigenvalue weighted by Gasteiger charge is -2.21. The van der Waals surface area contributed by atoms with Gasteiger partial charge in [-0.05, 0) is 73.2 Å². The molecule has 232 valence electrons. The van der Waals surface area contributed by atoms with E-state index in [1.165, 1.54) is 68.7 Å². The molecule has 1 amide bonds. The van der Waals surface area contributed by atoms with Crippen LogP contribution < -0.4 is 9.62 Å². The molecule has 1 N–H and O–H groups in total. The first kappa shape index (κ1) is 30.4. The number of aromatic nitrogens is 2. The number of rotatable bonds is 6. The molecule has 6 rings (SSSR count). The lowest BCUT2D eigenvalue weighted by molar-refractivity contribution is 0.0964. The van der Waals surface area contributed by atoms with Crippen LogP contribution in [-0.2, 0) is 10.0 Å². The van der Waals surface area contributed by atoms with E-state index in [2.05, 4.69) is 10.3 Å². The summed E-state index contributed by atoms with van der Waals surface area (Å²) in [6.07, 6.45) is 1.01. The molecule has 0 unspecified atom stereocenters. The van der Waals surface area contributed by atoms with E-state index in [4.69, 9.17) is 4.42 Å². The van der Waals surface area contributed by atoms with Gasteiger partial charge in [0.2, 0.25) is 10.0 Å². The number of nitrogens with one attached hydrogen (secondary N) is 1. The Balaban J connectivity index is 1.68. The summed E-state index contributed by atoms with van der Waals surface area (Å²) in [5, 5.41) is 12.2. The molecule has 0 bridgehead atoms. The summed E-state index contributed by atoms with van der Waals surface area (Å²) in [7, 11) is -1.09. The van der Waals surface area contributed by atoms with E-state index in [-0.39, 0.29) is 50.3 Å². The quantitative estimate of drug-likeness (QED) is 0.223. The Labute approximate surface area is 261 Å². The molecule has 0 saturated carbocycles. The van der Waals surface area contributed by atoms with Gasteiger partial charge in [-0.3, -0.25) is 13.7 Å². The fraction of sp³-hybridized carbons (Fsp3) is 0.121. The molecule has 2 aromatic heterocycles. The number of fused-ring (bicyclic) bond motifs is 2. The number of carbonyl (C=O) groups excluding carboxylic acids is 1. The van der Waals surface area contributed by atoms with Crippen molar-refractivity contribution in [3.05, 3.63) is 101 Å². The summed E-state index contributed by atoms with van der Waals surface area (Å²) in [6, 6.07) is 16.8. The molecule has 0 aliphatic carbocycles. The highest BCUT2D eigenvalue weighted by Crippen LogP contribution is 2.42. The number of imidazole rings is 1. The summed E-state index contributed by atoms with van der Waals surface area (Å²) >= 11 is 0. The second-order valence-corrected chi connectivity index (χ2v) is 12.6. The van der Waals surface area contributed by atoms with Crippen molar-refractivity contribution in [3.8, 4) is 34.2 Å². The zero-order valence-corrected chi connectivity index (χ0v) is 25.6. The third-order valence-electron chi connectivity index (χ3n) is 7.72. The van der Waals surface area contributed by atoms with Gasteiger partial charge < -0.3 is 9.73 Å². The Morgan fingerprint density at radius 2 is 1.72 bits per heavy atom. The minimum atomic E-state index is -3.85. The molecule has 0 saturated heterocycles. The van der Waals surface area contributed by atoms with E-state index >= 15 is 4.39 Å². The number of hydrogen-bond acceptors (Lipinski definition) is 6. The number of nitrogens with zero attached hydrogens (tertiary/aromatic N) is 4. The van der Waals surface area contributed by atoms with Gasteiger partial charge in [0.25, 0.3) is 5.91 Å². The van der Waals surface area contributed by atoms with Crippen LogP contribution in [0, 0.1) is 35.7 Å². The predicted molar refractivity (Wildman–Crippen MR) is 168 cm³/mol. The van der Waals surface area contributed by atoms with Gasteiger partial charge in [0, 0.05) is 42.4 Å². The van der Waals surface area contributed by atoms with E-state index < -0.39 is 33.4 Å². The Kier molecular flexibility index (Phi) is 7.33.